The highest BCUT2D eigenvalue weighted by Gasteiger charge is 2.40. The van der Waals surface area contributed by atoms with Crippen LogP contribution in [0.1, 0.15) is 21.8 Å². The van der Waals surface area contributed by atoms with E-state index in [1.54, 1.807) is 0 Å². The summed E-state index contributed by atoms with van der Waals surface area (Å²) in [5.74, 6) is -2.80. The molecular weight excluding hydrogens is 424 g/mol. The molecule has 0 saturated carbocycles. The van der Waals surface area contributed by atoms with E-state index >= 15 is 0 Å². The molecule has 1 aliphatic rings. The molecule has 5 nitrogen and oxygen atoms in total. The van der Waals surface area contributed by atoms with Gasteiger partial charge in [-0.05, 0) is 43.7 Å². The molecule has 0 aliphatic carbocycles. The van der Waals surface area contributed by atoms with Gasteiger partial charge in [0, 0.05) is 29.0 Å². The van der Waals surface area contributed by atoms with Crippen LogP contribution in [0.25, 0.3) is 0 Å². The maximum Gasteiger partial charge on any atom is 0.416 e. The maximum absolute atomic E-state index is 13.6. The van der Waals surface area contributed by atoms with Crippen LogP contribution < -0.4 is 9.80 Å². The van der Waals surface area contributed by atoms with Crippen molar-refractivity contribution in [2.45, 2.75) is 25.6 Å². The number of nitriles is 1. The van der Waals surface area contributed by atoms with Crippen molar-refractivity contribution in [2.24, 2.45) is 5.92 Å². The van der Waals surface area contributed by atoms with E-state index in [1.165, 1.54) is 11.8 Å². The maximum atomic E-state index is 13.6. The lowest BCUT2D eigenvalue weighted by Crippen LogP contribution is -2.44. The zero-order valence-corrected chi connectivity index (χ0v) is 16.3. The topological polar surface area (TPSA) is 60.2 Å². The molecule has 0 spiro atoms. The second-order valence-corrected chi connectivity index (χ2v) is 7.26. The van der Waals surface area contributed by atoms with Crippen molar-refractivity contribution in [3.8, 4) is 6.07 Å². The fourth-order valence-corrected chi connectivity index (χ4v) is 3.45. The zero-order chi connectivity index (χ0) is 24.7. The average molecular weight is 444 g/mol. The molecule has 0 bridgehead atoms. The van der Waals surface area contributed by atoms with Crippen molar-refractivity contribution in [2.75, 3.05) is 23.3 Å². The van der Waals surface area contributed by atoms with Gasteiger partial charge in [0.05, 0.1) is 22.6 Å². The van der Waals surface area contributed by atoms with Crippen LogP contribution in [0.15, 0.2) is 30.3 Å². The molecule has 10 heteroatoms. The Morgan fingerprint density at radius 3 is 2.73 bits per heavy atom. The number of halogens is 5. The van der Waals surface area contributed by atoms with Gasteiger partial charge in [-0.15, -0.1) is 0 Å². The molecule has 158 valence electrons. The number of alkyl halides is 3. The Kier molecular flexibility index (Phi) is 4.85. The predicted molar refractivity (Wildman–Crippen MR) is 104 cm³/mol. The Morgan fingerprint density at radius 2 is 2.13 bits per heavy atom. The molecule has 30 heavy (non-hydrogen) atoms. The molecule has 2 heterocycles. The van der Waals surface area contributed by atoms with E-state index < -0.39 is 47.4 Å². The largest absolute Gasteiger partial charge is 0.416 e. The minimum atomic E-state index is -4.67. The molecule has 0 radical (unpaired) electrons. The fourth-order valence-electron chi connectivity index (χ4n) is 3.28. The summed E-state index contributed by atoms with van der Waals surface area (Å²) in [5, 5.41) is 8.96. The third-order valence-corrected chi connectivity index (χ3v) is 5.00. The third kappa shape index (κ3) is 4.33. The highest BCUT2D eigenvalue weighted by molar-refractivity contribution is 6.31. The SMILES string of the molecule is [2H]C([2H])([2H])N(C(=O)[C@@H]1C[C@H](C#N)CN1c1cc(C(F)(F)F)cc(C)n1)c1ccc(F)c(Cl)c1. The number of carbonyl (C=O) groups excluding carboxylic acids is 1. The Bertz CT molecular complexity index is 1120. The summed E-state index contributed by atoms with van der Waals surface area (Å²) < 4.78 is 77.0. The molecule has 1 fully saturated rings. The van der Waals surface area contributed by atoms with Crippen LogP contribution in [0.5, 0.6) is 0 Å². The quantitative estimate of drug-likeness (QED) is 0.651. The van der Waals surface area contributed by atoms with E-state index in [1.807, 2.05) is 6.07 Å². The van der Waals surface area contributed by atoms with Gasteiger partial charge in [0.15, 0.2) is 0 Å². The summed E-state index contributed by atoms with van der Waals surface area (Å²) in [6.07, 6.45) is -4.81. The number of aryl methyl sites for hydroxylation is 1. The molecule has 2 aromatic rings. The van der Waals surface area contributed by atoms with E-state index in [-0.39, 0.29) is 30.2 Å². The fraction of sp³-hybridized carbons (Fsp3) is 0.350. The second-order valence-electron chi connectivity index (χ2n) is 6.86. The molecule has 1 aromatic carbocycles. The number of hydrogen-bond acceptors (Lipinski definition) is 4. The first-order chi connectivity index (χ1) is 15.2. The molecule has 2 atom stereocenters. The highest BCUT2D eigenvalue weighted by atomic mass is 35.5. The molecule has 1 aliphatic heterocycles. The molecule has 3 rings (SSSR count). The van der Waals surface area contributed by atoms with Crippen LogP contribution in [0.4, 0.5) is 29.1 Å². The number of carbonyl (C=O) groups is 1. The Balaban J connectivity index is 2.08. The van der Waals surface area contributed by atoms with Crippen molar-refractivity contribution in [1.29, 1.82) is 5.26 Å². The second kappa shape index (κ2) is 8.11. The number of amides is 1. The number of nitrogens with zero attached hydrogens (tertiary/aromatic N) is 4. The number of likely N-dealkylation sites (N-methyl/N-ethyl adjacent to an activating group) is 1. The lowest BCUT2D eigenvalue weighted by atomic mass is 10.1. The van der Waals surface area contributed by atoms with Crippen LogP contribution in [0, 0.1) is 30.0 Å². The molecule has 0 unspecified atom stereocenters. The first-order valence-electron chi connectivity index (χ1n) is 10.2. The van der Waals surface area contributed by atoms with Crippen LogP contribution in [0.2, 0.25) is 5.02 Å². The van der Waals surface area contributed by atoms with E-state index in [0.29, 0.717) is 4.90 Å². The summed E-state index contributed by atoms with van der Waals surface area (Å²) in [4.78, 5) is 19.1. The van der Waals surface area contributed by atoms with Crippen molar-refractivity contribution in [1.82, 2.24) is 4.98 Å². The summed E-state index contributed by atoms with van der Waals surface area (Å²) >= 11 is 5.75. The van der Waals surface area contributed by atoms with Crippen molar-refractivity contribution in [3.05, 3.63) is 52.4 Å². The number of benzene rings is 1. The van der Waals surface area contributed by atoms with Gasteiger partial charge in [-0.25, -0.2) is 9.37 Å². The third-order valence-electron chi connectivity index (χ3n) is 4.71. The molecule has 1 amide bonds. The summed E-state index contributed by atoms with van der Waals surface area (Å²) in [6.45, 7) is -1.80. The number of hydrogen-bond donors (Lipinski definition) is 0. The average Bonchev–Trinajstić information content (AvgIpc) is 3.13. The van der Waals surface area contributed by atoms with Gasteiger partial charge >= 0.3 is 6.18 Å². The van der Waals surface area contributed by atoms with E-state index in [2.05, 4.69) is 4.98 Å². The van der Waals surface area contributed by atoms with Gasteiger partial charge in [0.25, 0.3) is 0 Å². The van der Waals surface area contributed by atoms with E-state index in [0.717, 1.165) is 30.3 Å². The molecular formula is C20H17ClF4N4O. The molecule has 0 N–H and O–H groups in total. The normalized spacial score (nSPS) is 20.8. The predicted octanol–water partition coefficient (Wildman–Crippen LogP) is 4.58. The van der Waals surface area contributed by atoms with E-state index in [9.17, 15) is 27.6 Å². The lowest BCUT2D eigenvalue weighted by Gasteiger charge is -2.29. The zero-order valence-electron chi connectivity index (χ0n) is 18.5. The van der Waals surface area contributed by atoms with Crippen molar-refractivity contribution in [3.63, 3.8) is 0 Å². The number of rotatable bonds is 3. The Hall–Kier alpha value is -2.86. The van der Waals surface area contributed by atoms with Crippen molar-refractivity contribution < 1.29 is 26.5 Å². The van der Waals surface area contributed by atoms with Crippen LogP contribution in [0.3, 0.4) is 0 Å². The van der Waals surface area contributed by atoms with Gasteiger partial charge in [-0.2, -0.15) is 18.4 Å². The van der Waals surface area contributed by atoms with Crippen LogP contribution in [-0.2, 0) is 11.0 Å². The van der Waals surface area contributed by atoms with Gasteiger partial charge in [-0.1, -0.05) is 11.6 Å². The van der Waals surface area contributed by atoms with Crippen molar-refractivity contribution >= 4 is 29.0 Å². The van der Waals surface area contributed by atoms with E-state index in [4.69, 9.17) is 15.7 Å². The lowest BCUT2D eigenvalue weighted by molar-refractivity contribution is -0.137. The monoisotopic (exact) mass is 443 g/mol. The van der Waals surface area contributed by atoms with Crippen LogP contribution in [-0.4, -0.2) is 30.5 Å². The standard InChI is InChI=1S/C20H17ClF4N4O/c1-11-5-13(20(23,24)25)7-18(27-11)29-10-12(9-26)6-17(29)19(30)28(2)14-3-4-16(22)15(21)8-14/h3-5,7-8,12,17H,6,10H2,1-2H3/t12-,17+/m1/s1/i2D3. The number of aromatic nitrogens is 1. The molecule has 1 saturated heterocycles. The number of pyridine rings is 1. The van der Waals surface area contributed by atoms with Crippen LogP contribution >= 0.6 is 11.6 Å². The smallest absolute Gasteiger partial charge is 0.343 e. The summed E-state index contributed by atoms with van der Waals surface area (Å²) in [5.41, 5.74) is -1.18. The highest BCUT2D eigenvalue weighted by Crippen LogP contribution is 2.35. The summed E-state index contributed by atoms with van der Waals surface area (Å²) in [7, 11) is 0. The van der Waals surface area contributed by atoms with Gasteiger partial charge in [-0.3, -0.25) is 4.79 Å². The Labute approximate surface area is 179 Å². The van der Waals surface area contributed by atoms with Gasteiger partial charge in [0.2, 0.25) is 5.91 Å². The minimum absolute atomic E-state index is 0.0319. The first-order valence-corrected chi connectivity index (χ1v) is 9.11. The molecule has 1 aromatic heterocycles. The Morgan fingerprint density at radius 1 is 1.40 bits per heavy atom. The van der Waals surface area contributed by atoms with Gasteiger partial charge < -0.3 is 9.80 Å². The minimum Gasteiger partial charge on any atom is -0.343 e. The first kappa shape index (κ1) is 18.0. The number of anilines is 2. The van der Waals surface area contributed by atoms with Gasteiger partial charge in [0.1, 0.15) is 17.7 Å². The summed E-state index contributed by atoms with van der Waals surface area (Å²) in [6, 6.07) is 5.18.